The van der Waals surface area contributed by atoms with Crippen molar-refractivity contribution in [3.05, 3.63) is 118 Å². The Kier molecular flexibility index (Phi) is 6.52. The van der Waals surface area contributed by atoms with E-state index in [2.05, 4.69) is 36.6 Å². The molecule has 1 fully saturated rings. The summed E-state index contributed by atoms with van der Waals surface area (Å²) in [6.07, 6.45) is 1.99. The summed E-state index contributed by atoms with van der Waals surface area (Å²) < 4.78 is 13.2. The second-order valence-electron chi connectivity index (χ2n) is 9.27. The van der Waals surface area contributed by atoms with Gasteiger partial charge in [0.15, 0.2) is 16.7 Å². The lowest BCUT2D eigenvalue weighted by molar-refractivity contribution is -0.122. The van der Waals surface area contributed by atoms with Gasteiger partial charge in [-0.25, -0.2) is 0 Å². The first-order valence-corrected chi connectivity index (χ1v) is 13.3. The molecule has 1 saturated heterocycles. The number of thioether (sulfide) groups is 1. The third-order valence-corrected chi connectivity index (χ3v) is 7.73. The molecule has 2 aliphatic rings. The molecule has 0 saturated carbocycles. The number of aryl methyl sites for hydroxylation is 1. The van der Waals surface area contributed by atoms with Gasteiger partial charge in [-0.3, -0.25) is 14.7 Å². The van der Waals surface area contributed by atoms with Gasteiger partial charge in [0.1, 0.15) is 0 Å². The lowest BCUT2D eigenvalue weighted by Crippen LogP contribution is -2.28. The summed E-state index contributed by atoms with van der Waals surface area (Å²) in [4.78, 5) is 21.0. The van der Waals surface area contributed by atoms with E-state index < -0.39 is 0 Å². The molecule has 1 amide bonds. The maximum absolute atomic E-state index is 13.7. The molecule has 0 radical (unpaired) electrons. The number of aromatic nitrogens is 1. The monoisotopic (exact) mass is 521 g/mol. The quantitative estimate of drug-likeness (QED) is 0.272. The van der Waals surface area contributed by atoms with Crippen LogP contribution in [0.25, 0.3) is 11.8 Å². The number of carbonyl (C=O) groups excluding carboxylic acids is 1. The summed E-state index contributed by atoms with van der Waals surface area (Å²) in [5.74, 6) is 1.47. The maximum atomic E-state index is 13.7. The van der Waals surface area contributed by atoms with Crippen molar-refractivity contribution in [3.8, 4) is 17.2 Å². The zero-order valence-electron chi connectivity index (χ0n) is 21.3. The Balaban J connectivity index is 1.33. The third kappa shape index (κ3) is 4.73. The van der Waals surface area contributed by atoms with Crippen LogP contribution in [0, 0.1) is 13.8 Å². The second-order valence-corrected chi connectivity index (χ2v) is 10.3. The normalized spacial score (nSPS) is 16.7. The minimum Gasteiger partial charge on any atom is -0.454 e. The van der Waals surface area contributed by atoms with Gasteiger partial charge >= 0.3 is 0 Å². The van der Waals surface area contributed by atoms with E-state index in [9.17, 15) is 4.79 Å². The van der Waals surface area contributed by atoms with Crippen molar-refractivity contribution < 1.29 is 14.3 Å². The molecule has 2 aliphatic heterocycles. The Morgan fingerprint density at radius 2 is 1.61 bits per heavy atom. The molecule has 190 valence electrons. The summed E-state index contributed by atoms with van der Waals surface area (Å²) in [6, 6.07) is 28.2. The van der Waals surface area contributed by atoms with Crippen molar-refractivity contribution in [2.45, 2.75) is 26.9 Å². The number of amidine groups is 1. The molecule has 6 rings (SSSR count). The standard InChI is InChI=1S/C31H27N3O3S/c1-21-15-25(22(2)34(21)26-13-14-27-28(17-26)37-20-36-27)16-29-30(35)33(19-24-11-7-4-8-12-24)31(38-29)32-18-23-9-5-3-6-10-23/h3-17H,18-20H2,1-2H3/b29-16+,32-31?. The topological polar surface area (TPSA) is 56.1 Å². The smallest absolute Gasteiger partial charge is 0.267 e. The van der Waals surface area contributed by atoms with Crippen molar-refractivity contribution >= 4 is 28.9 Å². The number of ether oxygens (including phenoxy) is 2. The van der Waals surface area contributed by atoms with Gasteiger partial charge in [0, 0.05) is 23.1 Å². The van der Waals surface area contributed by atoms with E-state index >= 15 is 0 Å². The van der Waals surface area contributed by atoms with Crippen LogP contribution >= 0.6 is 11.8 Å². The van der Waals surface area contributed by atoms with Gasteiger partial charge in [-0.05, 0) is 66.6 Å². The molecule has 0 N–H and O–H groups in total. The number of hydrogen-bond acceptors (Lipinski definition) is 5. The van der Waals surface area contributed by atoms with Gasteiger partial charge < -0.3 is 14.0 Å². The highest BCUT2D eigenvalue weighted by molar-refractivity contribution is 8.18. The lowest BCUT2D eigenvalue weighted by atomic mass is 10.2. The molecule has 6 nitrogen and oxygen atoms in total. The Labute approximate surface area is 226 Å². The highest BCUT2D eigenvalue weighted by Gasteiger charge is 2.33. The van der Waals surface area contributed by atoms with E-state index in [4.69, 9.17) is 14.5 Å². The van der Waals surface area contributed by atoms with Gasteiger partial charge in [0.05, 0.1) is 18.0 Å². The van der Waals surface area contributed by atoms with Crippen LogP contribution < -0.4 is 9.47 Å². The Bertz CT molecular complexity index is 1560. The first-order chi connectivity index (χ1) is 18.6. The van der Waals surface area contributed by atoms with Crippen LogP contribution in [-0.4, -0.2) is 27.3 Å². The third-order valence-electron chi connectivity index (χ3n) is 6.68. The van der Waals surface area contributed by atoms with E-state index in [1.165, 1.54) is 11.8 Å². The van der Waals surface area contributed by atoms with Crippen LogP contribution in [0.3, 0.4) is 0 Å². The number of hydrogen-bond donors (Lipinski definition) is 0. The second kappa shape index (κ2) is 10.3. The zero-order chi connectivity index (χ0) is 26.1. The maximum Gasteiger partial charge on any atom is 0.267 e. The van der Waals surface area contributed by atoms with Gasteiger partial charge in [0.25, 0.3) is 5.91 Å². The number of benzene rings is 3. The largest absolute Gasteiger partial charge is 0.454 e. The van der Waals surface area contributed by atoms with Gasteiger partial charge in [-0.1, -0.05) is 60.7 Å². The fourth-order valence-corrected chi connectivity index (χ4v) is 5.74. The van der Waals surface area contributed by atoms with Crippen LogP contribution in [0.4, 0.5) is 0 Å². The summed E-state index contributed by atoms with van der Waals surface area (Å²) >= 11 is 1.44. The Hall–Kier alpha value is -4.23. The van der Waals surface area contributed by atoms with Gasteiger partial charge in [-0.15, -0.1) is 0 Å². The van der Waals surface area contributed by atoms with Crippen molar-refractivity contribution in [2.24, 2.45) is 4.99 Å². The van der Waals surface area contributed by atoms with Gasteiger partial charge in [0.2, 0.25) is 6.79 Å². The molecule has 0 atom stereocenters. The molecule has 3 heterocycles. The minimum atomic E-state index is -0.0291. The number of nitrogens with zero attached hydrogens (tertiary/aromatic N) is 3. The highest BCUT2D eigenvalue weighted by atomic mass is 32.2. The van der Waals surface area contributed by atoms with Gasteiger partial charge in [-0.2, -0.15) is 0 Å². The van der Waals surface area contributed by atoms with Crippen LogP contribution in [0.2, 0.25) is 0 Å². The summed E-state index contributed by atoms with van der Waals surface area (Å²) in [5.41, 5.74) is 6.29. The van der Waals surface area contributed by atoms with Crippen LogP contribution in [0.15, 0.2) is 94.8 Å². The summed E-state index contributed by atoms with van der Waals surface area (Å²) in [6.45, 7) is 5.38. The van der Waals surface area contributed by atoms with Crippen molar-refractivity contribution in [2.75, 3.05) is 6.79 Å². The fraction of sp³-hybridized carbons (Fsp3) is 0.161. The summed E-state index contributed by atoms with van der Waals surface area (Å²) in [7, 11) is 0. The fourth-order valence-electron chi connectivity index (χ4n) is 4.77. The van der Waals surface area contributed by atoms with Crippen molar-refractivity contribution in [1.29, 1.82) is 0 Å². The van der Waals surface area contributed by atoms with E-state index in [0.29, 0.717) is 18.0 Å². The average molecular weight is 522 g/mol. The van der Waals surface area contributed by atoms with Crippen molar-refractivity contribution in [1.82, 2.24) is 9.47 Å². The molecular weight excluding hydrogens is 494 g/mol. The first kappa shape index (κ1) is 24.1. The number of carbonyl (C=O) groups is 1. The molecular formula is C31H27N3O3S. The van der Waals surface area contributed by atoms with Crippen LogP contribution in [0.1, 0.15) is 28.1 Å². The number of rotatable bonds is 6. The Morgan fingerprint density at radius 3 is 2.37 bits per heavy atom. The highest BCUT2D eigenvalue weighted by Crippen LogP contribution is 2.37. The molecule has 1 aromatic heterocycles. The number of amides is 1. The molecule has 38 heavy (non-hydrogen) atoms. The minimum absolute atomic E-state index is 0.0291. The number of fused-ring (bicyclic) bond motifs is 1. The predicted octanol–water partition coefficient (Wildman–Crippen LogP) is 6.50. The molecule has 0 spiro atoms. The van der Waals surface area contributed by atoms with E-state index in [1.807, 2.05) is 72.8 Å². The van der Waals surface area contributed by atoms with E-state index in [-0.39, 0.29) is 12.7 Å². The SMILES string of the molecule is Cc1cc(/C=C2/SC(=NCc3ccccc3)N(Cc3ccccc3)C2=O)c(C)n1-c1ccc2c(c1)OCO2. The molecule has 0 unspecified atom stereocenters. The zero-order valence-corrected chi connectivity index (χ0v) is 22.1. The first-order valence-electron chi connectivity index (χ1n) is 12.5. The molecule has 3 aromatic carbocycles. The molecule has 4 aromatic rings. The van der Waals surface area contributed by atoms with Crippen LogP contribution in [-0.2, 0) is 17.9 Å². The predicted molar refractivity (Wildman–Crippen MR) is 152 cm³/mol. The Morgan fingerprint density at radius 1 is 0.895 bits per heavy atom. The van der Waals surface area contributed by atoms with E-state index in [0.717, 1.165) is 50.4 Å². The average Bonchev–Trinajstić information content (AvgIpc) is 3.60. The summed E-state index contributed by atoms with van der Waals surface area (Å²) in [5, 5.41) is 0.721. The number of aliphatic imine (C=N–C) groups is 1. The lowest BCUT2D eigenvalue weighted by Gasteiger charge is -2.15. The van der Waals surface area contributed by atoms with E-state index in [1.54, 1.807) is 4.90 Å². The van der Waals surface area contributed by atoms with Crippen LogP contribution in [0.5, 0.6) is 11.5 Å². The molecule has 0 bridgehead atoms. The molecule has 7 heteroatoms. The van der Waals surface area contributed by atoms with Crippen molar-refractivity contribution in [3.63, 3.8) is 0 Å². The molecule has 0 aliphatic carbocycles.